The van der Waals surface area contributed by atoms with E-state index in [0.29, 0.717) is 0 Å². The van der Waals surface area contributed by atoms with Crippen molar-refractivity contribution < 1.29 is 0 Å². The molecule has 0 bridgehead atoms. The Hall–Kier alpha value is -2.20. The summed E-state index contributed by atoms with van der Waals surface area (Å²) in [5, 5.41) is 4.41. The highest BCUT2D eigenvalue weighted by molar-refractivity contribution is 7.71. The first kappa shape index (κ1) is 12.8. The Balaban J connectivity index is 1.75. The Morgan fingerprint density at radius 2 is 1.75 bits per heavy atom. The number of rotatable bonds is 4. The Kier molecular flexibility index (Phi) is 3.74. The van der Waals surface area contributed by atoms with Crippen LogP contribution in [0.3, 0.4) is 0 Å². The van der Waals surface area contributed by atoms with E-state index in [9.17, 15) is 0 Å². The van der Waals surface area contributed by atoms with E-state index in [1.807, 2.05) is 53.4 Å². The van der Waals surface area contributed by atoms with E-state index in [1.54, 1.807) is 0 Å². The molecule has 0 amide bonds. The fourth-order valence-electron chi connectivity index (χ4n) is 2.14. The van der Waals surface area contributed by atoms with Gasteiger partial charge in [0.1, 0.15) is 4.64 Å². The smallest absolute Gasteiger partial charge is 0.116 e. The van der Waals surface area contributed by atoms with E-state index >= 15 is 0 Å². The van der Waals surface area contributed by atoms with Crippen molar-refractivity contribution in [3.05, 3.63) is 65.6 Å². The van der Waals surface area contributed by atoms with Crippen LogP contribution in [0.5, 0.6) is 0 Å². The van der Waals surface area contributed by atoms with Crippen molar-refractivity contribution in [2.75, 3.05) is 11.9 Å². The molecule has 0 saturated heterocycles. The predicted molar refractivity (Wildman–Crippen MR) is 85.5 cm³/mol. The normalized spacial score (nSPS) is 10.6. The number of fused-ring (bicyclic) bond motifs is 1. The molecular weight excluding hydrogens is 266 g/mol. The maximum absolute atomic E-state index is 5.52. The van der Waals surface area contributed by atoms with Crippen molar-refractivity contribution in [2.24, 2.45) is 0 Å². The quantitative estimate of drug-likeness (QED) is 0.736. The summed E-state index contributed by atoms with van der Waals surface area (Å²) in [5.41, 5.74) is 2.07. The molecule has 0 atom stereocenters. The van der Waals surface area contributed by atoms with E-state index in [0.717, 1.165) is 34.3 Å². The van der Waals surface area contributed by atoms with Crippen LogP contribution in [0.2, 0.25) is 0 Å². The van der Waals surface area contributed by atoms with Crippen molar-refractivity contribution in [1.82, 2.24) is 9.55 Å². The Bertz CT molecular complexity index is 765. The number of aromatic nitrogens is 2. The monoisotopic (exact) mass is 281 g/mol. The molecule has 0 unspecified atom stereocenters. The van der Waals surface area contributed by atoms with Crippen LogP contribution in [0.1, 0.15) is 0 Å². The second kappa shape index (κ2) is 5.84. The summed E-state index contributed by atoms with van der Waals surface area (Å²) >= 11 is 5.52. The molecule has 4 heteroatoms. The van der Waals surface area contributed by atoms with Crippen LogP contribution in [-0.2, 0) is 6.54 Å². The lowest BCUT2D eigenvalue weighted by Crippen LogP contribution is -2.12. The zero-order valence-corrected chi connectivity index (χ0v) is 11.8. The van der Waals surface area contributed by atoms with Crippen LogP contribution in [0.4, 0.5) is 5.69 Å². The van der Waals surface area contributed by atoms with E-state index in [2.05, 4.69) is 22.4 Å². The average Bonchev–Trinajstić information content (AvgIpc) is 2.51. The summed E-state index contributed by atoms with van der Waals surface area (Å²) in [7, 11) is 0. The maximum Gasteiger partial charge on any atom is 0.116 e. The van der Waals surface area contributed by atoms with Crippen LogP contribution < -0.4 is 5.32 Å². The molecule has 1 aromatic heterocycles. The summed E-state index contributed by atoms with van der Waals surface area (Å²) < 4.78 is 2.85. The van der Waals surface area contributed by atoms with Gasteiger partial charge in [0, 0.05) is 24.2 Å². The standard InChI is InChI=1S/C16H15N3S/c20-16-14-8-4-5-9-15(14)18-12-19(16)11-10-17-13-6-2-1-3-7-13/h1-9,12,17H,10-11H2. The first-order valence-corrected chi connectivity index (χ1v) is 6.98. The van der Waals surface area contributed by atoms with Crippen molar-refractivity contribution in [3.63, 3.8) is 0 Å². The van der Waals surface area contributed by atoms with Crippen molar-refractivity contribution in [1.29, 1.82) is 0 Å². The van der Waals surface area contributed by atoms with Gasteiger partial charge in [-0.1, -0.05) is 42.5 Å². The number of hydrogen-bond donors (Lipinski definition) is 1. The van der Waals surface area contributed by atoms with Gasteiger partial charge in [0.05, 0.1) is 11.8 Å². The molecule has 0 spiro atoms. The Morgan fingerprint density at radius 3 is 2.60 bits per heavy atom. The lowest BCUT2D eigenvalue weighted by molar-refractivity contribution is 0.703. The molecule has 0 aliphatic heterocycles. The fourth-order valence-corrected chi connectivity index (χ4v) is 2.45. The molecule has 100 valence electrons. The number of anilines is 1. The zero-order chi connectivity index (χ0) is 13.8. The highest BCUT2D eigenvalue weighted by Crippen LogP contribution is 2.12. The number of nitrogens with zero attached hydrogens (tertiary/aromatic N) is 2. The molecule has 1 heterocycles. The number of hydrogen-bond acceptors (Lipinski definition) is 3. The molecule has 0 saturated carbocycles. The minimum atomic E-state index is 0.797. The van der Waals surface area contributed by atoms with Gasteiger partial charge in [-0.2, -0.15) is 0 Å². The Morgan fingerprint density at radius 1 is 1.00 bits per heavy atom. The van der Waals surface area contributed by atoms with E-state index in [1.165, 1.54) is 0 Å². The highest BCUT2D eigenvalue weighted by Gasteiger charge is 1.99. The van der Waals surface area contributed by atoms with Gasteiger partial charge in [-0.15, -0.1) is 0 Å². The summed E-state index contributed by atoms with van der Waals surface area (Å²) in [6.07, 6.45) is 1.82. The minimum absolute atomic E-state index is 0.797. The Labute approximate surface area is 122 Å². The van der Waals surface area contributed by atoms with Crippen LogP contribution in [-0.4, -0.2) is 16.1 Å². The number of para-hydroxylation sites is 2. The van der Waals surface area contributed by atoms with Crippen LogP contribution in [0, 0.1) is 4.64 Å². The van der Waals surface area contributed by atoms with Gasteiger partial charge in [0.2, 0.25) is 0 Å². The maximum atomic E-state index is 5.52. The zero-order valence-electron chi connectivity index (χ0n) is 11.0. The molecule has 0 aliphatic rings. The number of benzene rings is 2. The van der Waals surface area contributed by atoms with E-state index in [4.69, 9.17) is 12.2 Å². The first-order chi connectivity index (χ1) is 9.84. The third-order valence-electron chi connectivity index (χ3n) is 3.19. The van der Waals surface area contributed by atoms with Crippen LogP contribution in [0.25, 0.3) is 10.9 Å². The molecule has 0 aliphatic carbocycles. The molecular formula is C16H15N3S. The third-order valence-corrected chi connectivity index (χ3v) is 3.64. The van der Waals surface area contributed by atoms with Crippen molar-refractivity contribution >= 4 is 28.8 Å². The van der Waals surface area contributed by atoms with Crippen molar-refractivity contribution in [3.8, 4) is 0 Å². The van der Waals surface area contributed by atoms with Crippen LogP contribution >= 0.6 is 12.2 Å². The largest absolute Gasteiger partial charge is 0.383 e. The minimum Gasteiger partial charge on any atom is -0.383 e. The van der Waals surface area contributed by atoms with E-state index < -0.39 is 0 Å². The van der Waals surface area contributed by atoms with Gasteiger partial charge < -0.3 is 9.88 Å². The molecule has 3 aromatic rings. The molecule has 3 rings (SSSR count). The topological polar surface area (TPSA) is 29.9 Å². The summed E-state index contributed by atoms with van der Waals surface area (Å²) in [6, 6.07) is 18.1. The molecule has 2 aromatic carbocycles. The summed E-state index contributed by atoms with van der Waals surface area (Å²) in [4.78, 5) is 4.44. The highest BCUT2D eigenvalue weighted by atomic mass is 32.1. The average molecular weight is 281 g/mol. The second-order valence-corrected chi connectivity index (χ2v) is 4.94. The molecule has 3 nitrogen and oxygen atoms in total. The third kappa shape index (κ3) is 2.70. The summed E-state index contributed by atoms with van der Waals surface area (Å²) in [6.45, 7) is 1.61. The van der Waals surface area contributed by atoms with Crippen LogP contribution in [0.15, 0.2) is 60.9 Å². The molecule has 0 radical (unpaired) electrons. The number of nitrogens with one attached hydrogen (secondary N) is 1. The lowest BCUT2D eigenvalue weighted by Gasteiger charge is -2.10. The fraction of sp³-hybridized carbons (Fsp3) is 0.125. The lowest BCUT2D eigenvalue weighted by atomic mass is 10.2. The van der Waals surface area contributed by atoms with Gasteiger partial charge >= 0.3 is 0 Å². The molecule has 0 fully saturated rings. The van der Waals surface area contributed by atoms with Gasteiger partial charge in [0.15, 0.2) is 0 Å². The van der Waals surface area contributed by atoms with Gasteiger partial charge in [-0.25, -0.2) is 4.98 Å². The van der Waals surface area contributed by atoms with Crippen molar-refractivity contribution in [2.45, 2.75) is 6.54 Å². The SMILES string of the molecule is S=c1c2ccccc2ncn1CCNc1ccccc1. The summed E-state index contributed by atoms with van der Waals surface area (Å²) in [5.74, 6) is 0. The first-order valence-electron chi connectivity index (χ1n) is 6.58. The van der Waals surface area contributed by atoms with Gasteiger partial charge in [0.25, 0.3) is 0 Å². The second-order valence-electron chi connectivity index (χ2n) is 4.55. The predicted octanol–water partition coefficient (Wildman–Crippen LogP) is 3.88. The molecule has 20 heavy (non-hydrogen) atoms. The molecule has 1 N–H and O–H groups in total. The van der Waals surface area contributed by atoms with Gasteiger partial charge in [-0.05, 0) is 24.3 Å². The van der Waals surface area contributed by atoms with Gasteiger partial charge in [-0.3, -0.25) is 0 Å². The van der Waals surface area contributed by atoms with E-state index in [-0.39, 0.29) is 0 Å².